The first kappa shape index (κ1) is 11.8. The summed E-state index contributed by atoms with van der Waals surface area (Å²) in [5, 5.41) is 3.43. The van der Waals surface area contributed by atoms with Gasteiger partial charge in [0, 0.05) is 0 Å². The summed E-state index contributed by atoms with van der Waals surface area (Å²) in [6.07, 6.45) is 2.44. The van der Waals surface area contributed by atoms with Crippen LogP contribution in [0.2, 0.25) is 0 Å². The van der Waals surface area contributed by atoms with Gasteiger partial charge in [-0.1, -0.05) is 13.8 Å². The quantitative estimate of drug-likeness (QED) is 0.871. The summed E-state index contributed by atoms with van der Waals surface area (Å²) < 4.78 is 11.0. The van der Waals surface area contributed by atoms with Crippen LogP contribution in [0.5, 0.6) is 11.5 Å². The van der Waals surface area contributed by atoms with Crippen LogP contribution in [0, 0.1) is 0 Å². The Balaban J connectivity index is 2.00. The molecule has 1 fully saturated rings. The molecule has 0 unspecified atom stereocenters. The molecule has 0 bridgehead atoms. The zero-order valence-corrected chi connectivity index (χ0v) is 11.2. The zero-order valence-electron chi connectivity index (χ0n) is 11.2. The van der Waals surface area contributed by atoms with Crippen molar-refractivity contribution < 1.29 is 9.47 Å². The average Bonchev–Trinajstić information content (AvgIpc) is 2.85. The van der Waals surface area contributed by atoms with E-state index in [1.165, 1.54) is 24.0 Å². The van der Waals surface area contributed by atoms with Crippen LogP contribution in [0.25, 0.3) is 0 Å². The predicted octanol–water partition coefficient (Wildman–Crippen LogP) is 3.01. The molecule has 98 valence electrons. The summed E-state index contributed by atoms with van der Waals surface area (Å²) >= 11 is 0. The molecule has 1 aromatic carbocycles. The average molecular weight is 247 g/mol. The number of hydrogen-bond donors (Lipinski definition) is 1. The normalized spacial score (nSPS) is 19.5. The smallest absolute Gasteiger partial charge is 0.231 e. The van der Waals surface area contributed by atoms with Crippen molar-refractivity contribution in [3.8, 4) is 11.5 Å². The molecule has 1 aromatic rings. The molecule has 1 N–H and O–H groups in total. The first-order valence-electron chi connectivity index (χ1n) is 6.90. The number of hydrogen-bond acceptors (Lipinski definition) is 3. The van der Waals surface area contributed by atoms with E-state index < -0.39 is 0 Å². The maximum absolute atomic E-state index is 5.53. The molecule has 2 heterocycles. The van der Waals surface area contributed by atoms with E-state index in [0.717, 1.165) is 24.6 Å². The fourth-order valence-corrected chi connectivity index (χ4v) is 2.96. The van der Waals surface area contributed by atoms with E-state index in [0.29, 0.717) is 18.6 Å². The van der Waals surface area contributed by atoms with Crippen molar-refractivity contribution >= 4 is 0 Å². The van der Waals surface area contributed by atoms with Gasteiger partial charge in [-0.15, -0.1) is 0 Å². The highest BCUT2D eigenvalue weighted by Gasteiger charge is 2.24. The summed E-state index contributed by atoms with van der Waals surface area (Å²) in [5.41, 5.74) is 2.89. The fraction of sp³-hybridized carbons (Fsp3) is 0.600. The summed E-state index contributed by atoms with van der Waals surface area (Å²) in [4.78, 5) is 0. The van der Waals surface area contributed by atoms with Gasteiger partial charge in [-0.2, -0.15) is 0 Å². The van der Waals surface area contributed by atoms with E-state index in [1.807, 2.05) is 0 Å². The SMILES string of the molecule is CC(C)c1cc2c(cc1C1CCNCC1)OCO2. The molecule has 2 aliphatic rings. The van der Waals surface area contributed by atoms with Crippen molar-refractivity contribution in [3.63, 3.8) is 0 Å². The van der Waals surface area contributed by atoms with Crippen molar-refractivity contribution in [1.82, 2.24) is 5.32 Å². The van der Waals surface area contributed by atoms with E-state index >= 15 is 0 Å². The maximum Gasteiger partial charge on any atom is 0.231 e. The second kappa shape index (κ2) is 4.81. The first-order valence-corrected chi connectivity index (χ1v) is 6.90. The zero-order chi connectivity index (χ0) is 12.5. The minimum atomic E-state index is 0.364. The lowest BCUT2D eigenvalue weighted by Gasteiger charge is -2.26. The Bertz CT molecular complexity index is 436. The van der Waals surface area contributed by atoms with E-state index in [2.05, 4.69) is 31.3 Å². The number of benzene rings is 1. The van der Waals surface area contributed by atoms with Crippen LogP contribution in [0.3, 0.4) is 0 Å². The molecule has 0 aromatic heterocycles. The second-order valence-corrected chi connectivity index (χ2v) is 5.51. The Kier molecular flexibility index (Phi) is 3.16. The monoisotopic (exact) mass is 247 g/mol. The van der Waals surface area contributed by atoms with Gasteiger partial charge in [0.2, 0.25) is 6.79 Å². The van der Waals surface area contributed by atoms with Crippen LogP contribution in [0.15, 0.2) is 12.1 Å². The van der Waals surface area contributed by atoms with E-state index in [9.17, 15) is 0 Å². The summed E-state index contributed by atoms with van der Waals surface area (Å²) in [6, 6.07) is 4.40. The lowest BCUT2D eigenvalue weighted by Crippen LogP contribution is -2.27. The summed E-state index contributed by atoms with van der Waals surface area (Å²) in [6.45, 7) is 7.11. The fourth-order valence-electron chi connectivity index (χ4n) is 2.96. The van der Waals surface area contributed by atoms with Gasteiger partial charge in [-0.05, 0) is 61.0 Å². The predicted molar refractivity (Wildman–Crippen MR) is 71.5 cm³/mol. The second-order valence-electron chi connectivity index (χ2n) is 5.51. The largest absolute Gasteiger partial charge is 0.454 e. The molecule has 3 nitrogen and oxygen atoms in total. The Morgan fingerprint density at radius 2 is 1.78 bits per heavy atom. The topological polar surface area (TPSA) is 30.5 Å². The van der Waals surface area contributed by atoms with Crippen molar-refractivity contribution in [1.29, 1.82) is 0 Å². The van der Waals surface area contributed by atoms with Crippen molar-refractivity contribution in [2.24, 2.45) is 0 Å². The molecule has 18 heavy (non-hydrogen) atoms. The van der Waals surface area contributed by atoms with Gasteiger partial charge in [0.15, 0.2) is 11.5 Å². The van der Waals surface area contributed by atoms with Crippen molar-refractivity contribution in [2.45, 2.75) is 38.5 Å². The third kappa shape index (κ3) is 2.07. The number of fused-ring (bicyclic) bond motifs is 1. The highest BCUT2D eigenvalue weighted by atomic mass is 16.7. The minimum Gasteiger partial charge on any atom is -0.454 e. The molecule has 3 rings (SSSR count). The molecule has 2 aliphatic heterocycles. The Morgan fingerprint density at radius 1 is 1.11 bits per heavy atom. The van der Waals surface area contributed by atoms with Gasteiger partial charge in [-0.3, -0.25) is 0 Å². The highest BCUT2D eigenvalue weighted by Crippen LogP contribution is 2.41. The molecular formula is C15H21NO2. The molecular weight excluding hydrogens is 226 g/mol. The minimum absolute atomic E-state index is 0.364. The molecule has 0 spiro atoms. The Hall–Kier alpha value is -1.22. The molecule has 0 atom stereocenters. The number of ether oxygens (including phenoxy) is 2. The number of piperidine rings is 1. The Labute approximate surface area is 108 Å². The van der Waals surface area contributed by atoms with Crippen LogP contribution in [0.4, 0.5) is 0 Å². The molecule has 0 amide bonds. The molecule has 3 heteroatoms. The van der Waals surface area contributed by atoms with Crippen LogP contribution < -0.4 is 14.8 Å². The maximum atomic E-state index is 5.53. The van der Waals surface area contributed by atoms with Gasteiger partial charge in [-0.25, -0.2) is 0 Å². The van der Waals surface area contributed by atoms with Crippen LogP contribution in [-0.4, -0.2) is 19.9 Å². The van der Waals surface area contributed by atoms with E-state index in [4.69, 9.17) is 9.47 Å². The molecule has 0 radical (unpaired) electrons. The van der Waals surface area contributed by atoms with E-state index in [1.54, 1.807) is 0 Å². The van der Waals surface area contributed by atoms with Gasteiger partial charge in [0.1, 0.15) is 0 Å². The van der Waals surface area contributed by atoms with Crippen LogP contribution in [0.1, 0.15) is 49.7 Å². The summed E-state index contributed by atoms with van der Waals surface area (Å²) in [7, 11) is 0. The van der Waals surface area contributed by atoms with Crippen LogP contribution in [-0.2, 0) is 0 Å². The lowest BCUT2D eigenvalue weighted by atomic mass is 9.83. The lowest BCUT2D eigenvalue weighted by molar-refractivity contribution is 0.174. The van der Waals surface area contributed by atoms with Gasteiger partial charge in [0.25, 0.3) is 0 Å². The van der Waals surface area contributed by atoms with Crippen LogP contribution >= 0.6 is 0 Å². The van der Waals surface area contributed by atoms with Crippen molar-refractivity contribution in [2.75, 3.05) is 19.9 Å². The molecule has 0 aliphatic carbocycles. The van der Waals surface area contributed by atoms with E-state index in [-0.39, 0.29) is 0 Å². The third-order valence-electron chi connectivity index (χ3n) is 3.98. The Morgan fingerprint density at radius 3 is 2.44 bits per heavy atom. The standard InChI is InChI=1S/C15H21NO2/c1-10(2)12-7-14-15(18-9-17-14)8-13(12)11-3-5-16-6-4-11/h7-8,10-11,16H,3-6,9H2,1-2H3. The van der Waals surface area contributed by atoms with Gasteiger partial charge < -0.3 is 14.8 Å². The molecule has 0 saturated carbocycles. The summed E-state index contributed by atoms with van der Waals surface area (Å²) in [5.74, 6) is 3.03. The number of rotatable bonds is 2. The van der Waals surface area contributed by atoms with Gasteiger partial charge in [0.05, 0.1) is 0 Å². The highest BCUT2D eigenvalue weighted by molar-refractivity contribution is 5.50. The molecule has 1 saturated heterocycles. The third-order valence-corrected chi connectivity index (χ3v) is 3.98. The number of nitrogens with one attached hydrogen (secondary N) is 1. The van der Waals surface area contributed by atoms with Gasteiger partial charge >= 0.3 is 0 Å². The first-order chi connectivity index (χ1) is 8.75. The van der Waals surface area contributed by atoms with Crippen molar-refractivity contribution in [3.05, 3.63) is 23.3 Å².